The van der Waals surface area contributed by atoms with Crippen LogP contribution < -0.4 is 10.6 Å². The molecular formula is C14H21ClN2O2. The van der Waals surface area contributed by atoms with Crippen molar-refractivity contribution < 1.29 is 9.59 Å². The number of imide groups is 1. The molecule has 2 N–H and O–H groups in total. The SMILES string of the molecule is C[C@H](Cl)C(=O)NC(=O)NC12CC3CC(CC(C3)C1)C2. The van der Waals surface area contributed by atoms with E-state index in [1.54, 1.807) is 6.92 Å². The van der Waals surface area contributed by atoms with Gasteiger partial charge in [0.1, 0.15) is 5.38 Å². The second kappa shape index (κ2) is 4.65. The first-order chi connectivity index (χ1) is 8.96. The highest BCUT2D eigenvalue weighted by Crippen LogP contribution is 2.55. The molecular weight excluding hydrogens is 264 g/mol. The highest BCUT2D eigenvalue weighted by atomic mass is 35.5. The van der Waals surface area contributed by atoms with Crippen molar-refractivity contribution in [2.75, 3.05) is 0 Å². The molecule has 106 valence electrons. The molecule has 5 heteroatoms. The molecule has 4 bridgehead atoms. The van der Waals surface area contributed by atoms with E-state index in [1.807, 2.05) is 0 Å². The lowest BCUT2D eigenvalue weighted by molar-refractivity contribution is -0.119. The summed E-state index contributed by atoms with van der Waals surface area (Å²) in [5, 5.41) is 4.74. The van der Waals surface area contributed by atoms with Crippen molar-refractivity contribution in [1.29, 1.82) is 0 Å². The number of halogens is 1. The molecule has 4 fully saturated rings. The molecule has 0 aromatic rings. The first-order valence-electron chi connectivity index (χ1n) is 7.23. The average Bonchev–Trinajstić information content (AvgIpc) is 2.25. The molecule has 4 saturated carbocycles. The molecule has 0 aromatic heterocycles. The highest BCUT2D eigenvalue weighted by Gasteiger charge is 2.51. The number of urea groups is 1. The zero-order valence-electron chi connectivity index (χ0n) is 11.2. The number of hydrogen-bond donors (Lipinski definition) is 2. The Balaban J connectivity index is 1.63. The van der Waals surface area contributed by atoms with Gasteiger partial charge in [0, 0.05) is 5.54 Å². The van der Waals surface area contributed by atoms with Crippen LogP contribution in [0.25, 0.3) is 0 Å². The number of carbonyl (C=O) groups is 2. The van der Waals surface area contributed by atoms with E-state index in [1.165, 1.54) is 19.3 Å². The number of nitrogens with one attached hydrogen (secondary N) is 2. The molecule has 0 aliphatic heterocycles. The topological polar surface area (TPSA) is 58.2 Å². The average molecular weight is 285 g/mol. The molecule has 0 aromatic carbocycles. The largest absolute Gasteiger partial charge is 0.332 e. The molecule has 3 amide bonds. The summed E-state index contributed by atoms with van der Waals surface area (Å²) >= 11 is 5.66. The van der Waals surface area contributed by atoms with E-state index in [9.17, 15) is 9.59 Å². The van der Waals surface area contributed by atoms with Gasteiger partial charge in [-0.1, -0.05) is 0 Å². The minimum absolute atomic E-state index is 0.0608. The van der Waals surface area contributed by atoms with Crippen LogP contribution in [0.5, 0.6) is 0 Å². The maximum absolute atomic E-state index is 11.9. The Hall–Kier alpha value is -0.770. The molecule has 4 nitrogen and oxygen atoms in total. The Kier molecular flexibility index (Phi) is 3.24. The monoisotopic (exact) mass is 284 g/mol. The van der Waals surface area contributed by atoms with Gasteiger partial charge >= 0.3 is 6.03 Å². The van der Waals surface area contributed by atoms with Crippen LogP contribution in [0.15, 0.2) is 0 Å². The fourth-order valence-electron chi connectivity index (χ4n) is 4.75. The molecule has 0 heterocycles. The molecule has 0 saturated heterocycles. The third-order valence-corrected chi connectivity index (χ3v) is 5.21. The lowest BCUT2D eigenvalue weighted by Gasteiger charge is -2.56. The molecule has 1 atom stereocenters. The predicted octanol–water partition coefficient (Wildman–Crippen LogP) is 2.41. The van der Waals surface area contributed by atoms with Gasteiger partial charge in [0.2, 0.25) is 5.91 Å². The summed E-state index contributed by atoms with van der Waals surface area (Å²) in [7, 11) is 0. The third-order valence-electron chi connectivity index (χ3n) is 5.01. The molecule has 4 aliphatic carbocycles. The smallest absolute Gasteiger partial charge is 0.321 e. The van der Waals surface area contributed by atoms with Gasteiger partial charge in [0.25, 0.3) is 0 Å². The summed E-state index contributed by atoms with van der Waals surface area (Å²) in [5.74, 6) is 1.89. The summed E-state index contributed by atoms with van der Waals surface area (Å²) in [6.07, 6.45) is 7.24. The van der Waals surface area contributed by atoms with Gasteiger partial charge in [0.05, 0.1) is 0 Å². The third kappa shape index (κ3) is 2.60. The van der Waals surface area contributed by atoms with Crippen molar-refractivity contribution in [2.24, 2.45) is 17.8 Å². The number of alkyl halides is 1. The van der Waals surface area contributed by atoms with Gasteiger partial charge < -0.3 is 5.32 Å². The lowest BCUT2D eigenvalue weighted by Crippen LogP contribution is -2.62. The van der Waals surface area contributed by atoms with Crippen LogP contribution in [0.2, 0.25) is 0 Å². The van der Waals surface area contributed by atoms with E-state index in [2.05, 4.69) is 10.6 Å². The summed E-state index contributed by atoms with van der Waals surface area (Å²) in [6, 6.07) is -0.376. The number of carbonyl (C=O) groups excluding carboxylic acids is 2. The van der Waals surface area contributed by atoms with Crippen LogP contribution in [0, 0.1) is 17.8 Å². The summed E-state index contributed by atoms with van der Waals surface area (Å²) in [4.78, 5) is 23.4. The van der Waals surface area contributed by atoms with Gasteiger partial charge in [-0.3, -0.25) is 10.1 Å². The fourth-order valence-corrected chi connectivity index (χ4v) is 4.80. The second-order valence-corrected chi connectivity index (χ2v) is 7.41. The van der Waals surface area contributed by atoms with E-state index in [-0.39, 0.29) is 11.6 Å². The molecule has 4 rings (SSSR count). The highest BCUT2D eigenvalue weighted by molar-refractivity contribution is 6.31. The van der Waals surface area contributed by atoms with Crippen LogP contribution in [0.4, 0.5) is 4.79 Å². The standard InChI is InChI=1S/C14H21ClN2O2/c1-8(15)12(18)16-13(19)17-14-5-9-2-10(6-14)4-11(3-9)7-14/h8-11H,2-7H2,1H3,(H2,16,17,18,19)/t8-,9?,10?,11?,14?/m0/s1. The molecule has 19 heavy (non-hydrogen) atoms. The van der Waals surface area contributed by atoms with Crippen LogP contribution in [-0.4, -0.2) is 22.9 Å². The van der Waals surface area contributed by atoms with Crippen molar-refractivity contribution in [3.05, 3.63) is 0 Å². The van der Waals surface area contributed by atoms with E-state index in [0.717, 1.165) is 37.0 Å². The maximum Gasteiger partial charge on any atom is 0.321 e. The van der Waals surface area contributed by atoms with Crippen molar-refractivity contribution in [3.8, 4) is 0 Å². The van der Waals surface area contributed by atoms with E-state index in [4.69, 9.17) is 11.6 Å². The van der Waals surface area contributed by atoms with Crippen LogP contribution in [0.3, 0.4) is 0 Å². The normalized spacial score (nSPS) is 40.8. The van der Waals surface area contributed by atoms with Gasteiger partial charge in [0.15, 0.2) is 0 Å². The lowest BCUT2D eigenvalue weighted by atomic mass is 9.53. The van der Waals surface area contributed by atoms with E-state index < -0.39 is 11.3 Å². The Morgan fingerprint density at radius 2 is 1.58 bits per heavy atom. The quantitative estimate of drug-likeness (QED) is 0.765. The Morgan fingerprint density at radius 1 is 1.11 bits per heavy atom. The fraction of sp³-hybridized carbons (Fsp3) is 0.857. The van der Waals surface area contributed by atoms with Crippen molar-refractivity contribution in [1.82, 2.24) is 10.6 Å². The van der Waals surface area contributed by atoms with Crippen molar-refractivity contribution in [3.63, 3.8) is 0 Å². The van der Waals surface area contributed by atoms with Gasteiger partial charge in [-0.2, -0.15) is 0 Å². The second-order valence-electron chi connectivity index (χ2n) is 6.76. The summed E-state index contributed by atoms with van der Waals surface area (Å²) in [6.45, 7) is 1.56. The number of rotatable bonds is 2. The molecule has 0 unspecified atom stereocenters. The van der Waals surface area contributed by atoms with E-state index in [0.29, 0.717) is 0 Å². The zero-order valence-corrected chi connectivity index (χ0v) is 12.0. The number of amides is 3. The Bertz CT molecular complexity index is 373. The Labute approximate surface area is 118 Å². The van der Waals surface area contributed by atoms with E-state index >= 15 is 0 Å². The molecule has 0 radical (unpaired) electrons. The van der Waals surface area contributed by atoms with Gasteiger partial charge in [-0.05, 0) is 63.2 Å². The predicted molar refractivity (Wildman–Crippen MR) is 72.9 cm³/mol. The van der Waals surface area contributed by atoms with Crippen molar-refractivity contribution in [2.45, 2.75) is 56.4 Å². The summed E-state index contributed by atoms with van der Waals surface area (Å²) in [5.41, 5.74) is -0.0608. The zero-order chi connectivity index (χ0) is 13.6. The number of hydrogen-bond acceptors (Lipinski definition) is 2. The van der Waals surface area contributed by atoms with Gasteiger partial charge in [-0.15, -0.1) is 11.6 Å². The van der Waals surface area contributed by atoms with Crippen molar-refractivity contribution >= 4 is 23.5 Å². The van der Waals surface area contributed by atoms with Gasteiger partial charge in [-0.25, -0.2) is 4.79 Å². The first-order valence-corrected chi connectivity index (χ1v) is 7.66. The van der Waals surface area contributed by atoms with Crippen LogP contribution in [-0.2, 0) is 4.79 Å². The minimum atomic E-state index is -0.679. The molecule has 4 aliphatic rings. The van der Waals surface area contributed by atoms with Crippen LogP contribution >= 0.6 is 11.6 Å². The first kappa shape index (κ1) is 13.2. The molecule has 0 spiro atoms. The van der Waals surface area contributed by atoms with Crippen LogP contribution in [0.1, 0.15) is 45.4 Å². The Morgan fingerprint density at radius 3 is 2.00 bits per heavy atom. The minimum Gasteiger partial charge on any atom is -0.332 e. The maximum atomic E-state index is 11.9. The summed E-state index contributed by atoms with van der Waals surface area (Å²) < 4.78 is 0.